The highest BCUT2D eigenvalue weighted by Gasteiger charge is 2.18. The maximum absolute atomic E-state index is 5.17. The Morgan fingerprint density at radius 1 is 0.338 bits per heavy atom. The molecule has 0 atom stereocenters. The molecule has 0 spiro atoms. The molecule has 0 aliphatic rings. The molecule has 1 heterocycles. The summed E-state index contributed by atoms with van der Waals surface area (Å²) >= 11 is 12.3. The first-order valence-electron chi connectivity index (χ1n) is 27.0. The van der Waals surface area contributed by atoms with E-state index >= 15 is 0 Å². The average molecular weight is 1040 g/mol. The minimum atomic E-state index is 0.564. The van der Waals surface area contributed by atoms with Gasteiger partial charge in [-0.25, -0.2) is 0 Å². The minimum Gasteiger partial charge on any atom is -0.324 e. The van der Waals surface area contributed by atoms with Gasteiger partial charge in [0.15, 0.2) is 5.82 Å². The van der Waals surface area contributed by atoms with Gasteiger partial charge in [-0.1, -0.05) is 187 Å². The molecule has 0 radical (unpaired) electrons. The van der Waals surface area contributed by atoms with Crippen LogP contribution in [0.4, 0.5) is 23.3 Å². The summed E-state index contributed by atoms with van der Waals surface area (Å²) in [6.07, 6.45) is 30.7. The number of unbranched alkanes of at least 4 members (excludes halogenated alkanes) is 18. The number of thioether (sulfide) groups is 6. The molecule has 0 amide bonds. The number of aromatic nitrogens is 3. The van der Waals surface area contributed by atoms with Crippen molar-refractivity contribution in [3.8, 4) is 11.4 Å². The SMILES string of the molecule is CCCCCCSc1cc(Nc2nc(Nc3cc(SCCCCCC)c(SCCCCCC)c(SCCCCCC)c3)nc(-c3ccccc3)n2)cc(SCCCCCC)c1SCCCCCC. The number of benzene rings is 3. The molecule has 0 aliphatic carbocycles. The summed E-state index contributed by atoms with van der Waals surface area (Å²) in [6.45, 7) is 13.8. The molecular weight excluding hydrogens is 947 g/mol. The van der Waals surface area contributed by atoms with Gasteiger partial charge in [0.05, 0.1) is 0 Å². The Bertz CT molecular complexity index is 1730. The first-order valence-corrected chi connectivity index (χ1v) is 32.9. The summed E-state index contributed by atoms with van der Waals surface area (Å²) in [4.78, 5) is 23.9. The van der Waals surface area contributed by atoms with Crippen LogP contribution in [0.5, 0.6) is 0 Å². The van der Waals surface area contributed by atoms with Crippen LogP contribution in [0.3, 0.4) is 0 Å². The molecular formula is C57H89N5S6. The standard InChI is InChI=1S/C57H89N5S6/c1-7-13-19-28-36-63-49-42-47(43-50(64-37-29-20-14-8-2)53(49)67-40-32-23-17-11-5)58-56-60-55(46-34-26-25-27-35-46)61-57(62-56)59-48-44-51(65-38-30-21-15-9-3)54(68-41-33-24-18-12-6)52(45-48)66-39-31-22-16-10-4/h25-27,34-35,42-45H,7-24,28-33,36-41H2,1-6H3,(H2,58,59,60,61,62). The summed E-state index contributed by atoms with van der Waals surface area (Å²) in [5.74, 6) is 8.68. The molecule has 1 aromatic heterocycles. The van der Waals surface area contributed by atoms with Crippen molar-refractivity contribution < 1.29 is 0 Å². The van der Waals surface area contributed by atoms with Crippen molar-refractivity contribution in [3.63, 3.8) is 0 Å². The van der Waals surface area contributed by atoms with E-state index in [2.05, 4.69) is 130 Å². The lowest BCUT2D eigenvalue weighted by Gasteiger charge is -2.18. The van der Waals surface area contributed by atoms with Crippen molar-refractivity contribution in [1.29, 1.82) is 0 Å². The van der Waals surface area contributed by atoms with E-state index in [-0.39, 0.29) is 0 Å². The zero-order valence-corrected chi connectivity index (χ0v) is 48.1. The maximum Gasteiger partial charge on any atom is 0.232 e. The molecule has 0 saturated heterocycles. The molecule has 2 N–H and O–H groups in total. The van der Waals surface area contributed by atoms with E-state index in [1.165, 1.54) is 195 Å². The van der Waals surface area contributed by atoms with Gasteiger partial charge in [0, 0.05) is 46.3 Å². The fourth-order valence-corrected chi connectivity index (χ4v) is 15.3. The normalized spacial score (nSPS) is 11.4. The van der Waals surface area contributed by atoms with Crippen LogP contribution < -0.4 is 10.6 Å². The second-order valence-corrected chi connectivity index (χ2v) is 24.7. The number of hydrogen-bond acceptors (Lipinski definition) is 11. The zero-order valence-electron chi connectivity index (χ0n) is 43.2. The molecule has 11 heteroatoms. The number of anilines is 4. The van der Waals surface area contributed by atoms with Crippen molar-refractivity contribution >= 4 is 93.8 Å². The van der Waals surface area contributed by atoms with Gasteiger partial charge in [-0.05, 0) is 97.3 Å². The van der Waals surface area contributed by atoms with Gasteiger partial charge in [-0.2, -0.15) is 15.0 Å². The van der Waals surface area contributed by atoms with Gasteiger partial charge in [-0.15, -0.1) is 70.6 Å². The van der Waals surface area contributed by atoms with Crippen LogP contribution in [0.15, 0.2) is 84.0 Å². The lowest BCUT2D eigenvalue weighted by Crippen LogP contribution is -2.06. The first kappa shape index (κ1) is 58.9. The zero-order chi connectivity index (χ0) is 48.3. The van der Waals surface area contributed by atoms with E-state index < -0.39 is 0 Å². The van der Waals surface area contributed by atoms with Gasteiger partial charge in [0.1, 0.15) is 0 Å². The van der Waals surface area contributed by atoms with E-state index in [9.17, 15) is 0 Å². The molecule has 0 fully saturated rings. The predicted octanol–water partition coefficient (Wildman–Crippen LogP) is 21.1. The van der Waals surface area contributed by atoms with Crippen molar-refractivity contribution in [2.45, 2.75) is 225 Å². The summed E-state index contributed by atoms with van der Waals surface area (Å²) < 4.78 is 0. The molecule has 0 unspecified atom stereocenters. The van der Waals surface area contributed by atoms with Crippen LogP contribution in [0.25, 0.3) is 11.4 Å². The maximum atomic E-state index is 5.17. The van der Waals surface area contributed by atoms with Gasteiger partial charge >= 0.3 is 0 Å². The van der Waals surface area contributed by atoms with Crippen molar-refractivity contribution in [1.82, 2.24) is 15.0 Å². The molecule has 378 valence electrons. The van der Waals surface area contributed by atoms with Crippen LogP contribution in [-0.2, 0) is 0 Å². The van der Waals surface area contributed by atoms with Gasteiger partial charge in [0.25, 0.3) is 0 Å². The topological polar surface area (TPSA) is 62.7 Å². The van der Waals surface area contributed by atoms with Crippen LogP contribution in [0.1, 0.15) is 196 Å². The molecule has 0 bridgehead atoms. The largest absolute Gasteiger partial charge is 0.324 e. The van der Waals surface area contributed by atoms with Gasteiger partial charge in [-0.3, -0.25) is 0 Å². The van der Waals surface area contributed by atoms with E-state index in [0.717, 1.165) is 39.9 Å². The molecule has 68 heavy (non-hydrogen) atoms. The fourth-order valence-electron chi connectivity index (χ4n) is 7.72. The summed E-state index contributed by atoms with van der Waals surface area (Å²) in [5.41, 5.74) is 3.07. The Morgan fingerprint density at radius 3 is 0.926 bits per heavy atom. The predicted molar refractivity (Wildman–Crippen MR) is 314 cm³/mol. The molecule has 4 aromatic rings. The number of nitrogens with one attached hydrogen (secondary N) is 2. The Labute approximate surface area is 441 Å². The van der Waals surface area contributed by atoms with Crippen molar-refractivity contribution in [2.24, 2.45) is 0 Å². The molecule has 4 rings (SSSR count). The Morgan fingerprint density at radius 2 is 0.632 bits per heavy atom. The fraction of sp³-hybridized carbons (Fsp3) is 0.632. The highest BCUT2D eigenvalue weighted by atomic mass is 32.2. The third kappa shape index (κ3) is 23.7. The molecule has 0 aliphatic heterocycles. The smallest absolute Gasteiger partial charge is 0.232 e. The Hall–Kier alpha value is -1.63. The van der Waals surface area contributed by atoms with E-state index in [1.807, 2.05) is 47.0 Å². The number of hydrogen-bond donors (Lipinski definition) is 2. The minimum absolute atomic E-state index is 0.564. The molecule has 3 aromatic carbocycles. The Balaban J connectivity index is 1.76. The van der Waals surface area contributed by atoms with Crippen LogP contribution in [0.2, 0.25) is 0 Å². The van der Waals surface area contributed by atoms with Crippen molar-refractivity contribution in [2.75, 3.05) is 45.2 Å². The van der Waals surface area contributed by atoms with Crippen LogP contribution in [-0.4, -0.2) is 49.5 Å². The summed E-state index contributed by atoms with van der Waals surface area (Å²) in [7, 11) is 0. The highest BCUT2D eigenvalue weighted by molar-refractivity contribution is 8.04. The second-order valence-electron chi connectivity index (χ2n) is 18.0. The van der Waals surface area contributed by atoms with Crippen LogP contribution >= 0.6 is 70.6 Å². The van der Waals surface area contributed by atoms with Gasteiger partial charge in [0.2, 0.25) is 11.9 Å². The third-order valence-electron chi connectivity index (χ3n) is 11.7. The lowest BCUT2D eigenvalue weighted by atomic mass is 10.2. The molecule has 0 saturated carbocycles. The lowest BCUT2D eigenvalue weighted by molar-refractivity contribution is 0.705. The second kappa shape index (κ2) is 38.1. The van der Waals surface area contributed by atoms with E-state index in [4.69, 9.17) is 15.0 Å². The quantitative estimate of drug-likeness (QED) is 0.0330. The highest BCUT2D eigenvalue weighted by Crippen LogP contribution is 2.44. The summed E-state index contributed by atoms with van der Waals surface area (Å²) in [6, 6.07) is 19.9. The Kier molecular flexibility index (Phi) is 33.0. The van der Waals surface area contributed by atoms with Gasteiger partial charge < -0.3 is 10.6 Å². The van der Waals surface area contributed by atoms with Crippen LogP contribution in [0, 0.1) is 0 Å². The first-order chi connectivity index (χ1) is 33.5. The monoisotopic (exact) mass is 1040 g/mol. The number of nitrogens with zero attached hydrogens (tertiary/aromatic N) is 3. The molecule has 5 nitrogen and oxygen atoms in total. The third-order valence-corrected chi connectivity index (χ3v) is 19.2. The number of rotatable bonds is 41. The average Bonchev–Trinajstić information content (AvgIpc) is 3.35. The van der Waals surface area contributed by atoms with Crippen molar-refractivity contribution in [3.05, 3.63) is 54.6 Å². The van der Waals surface area contributed by atoms with E-state index in [0.29, 0.717) is 17.7 Å². The summed E-state index contributed by atoms with van der Waals surface area (Å²) in [5, 5.41) is 7.53. The van der Waals surface area contributed by atoms with E-state index in [1.54, 1.807) is 0 Å².